The number of aryl methyl sites for hydroxylation is 1. The minimum absolute atomic E-state index is 0.203. The van der Waals surface area contributed by atoms with E-state index in [1.807, 2.05) is 31.5 Å². The van der Waals surface area contributed by atoms with Crippen molar-refractivity contribution in [2.75, 3.05) is 0 Å². The van der Waals surface area contributed by atoms with Crippen LogP contribution in [-0.4, -0.2) is 15.9 Å². The number of ether oxygens (including phenoxy) is 1. The van der Waals surface area contributed by atoms with Gasteiger partial charge in [0, 0.05) is 29.9 Å². The van der Waals surface area contributed by atoms with Crippen LogP contribution in [0.5, 0.6) is 5.75 Å². The van der Waals surface area contributed by atoms with Crippen LogP contribution in [0.1, 0.15) is 64.4 Å². The summed E-state index contributed by atoms with van der Waals surface area (Å²) in [6.07, 6.45) is 12.5. The number of hydrogen-bond acceptors (Lipinski definition) is 4. The average Bonchev–Trinajstić information content (AvgIpc) is 2.80. The maximum Gasteiger partial charge on any atom is 0.311 e. The van der Waals surface area contributed by atoms with E-state index in [1.165, 1.54) is 37.7 Å². The molecule has 0 radical (unpaired) electrons. The van der Waals surface area contributed by atoms with Gasteiger partial charge in [0.25, 0.3) is 0 Å². The first-order valence-corrected chi connectivity index (χ1v) is 11.4. The molecule has 0 spiro atoms. The molecule has 0 saturated carbocycles. The molecule has 3 aromatic rings. The second kappa shape index (κ2) is 12.0. The van der Waals surface area contributed by atoms with Crippen LogP contribution in [0.2, 0.25) is 0 Å². The van der Waals surface area contributed by atoms with Crippen LogP contribution in [0.3, 0.4) is 0 Å². The zero-order valence-corrected chi connectivity index (χ0v) is 18.6. The topological polar surface area (TPSA) is 52.1 Å². The summed E-state index contributed by atoms with van der Waals surface area (Å²) >= 11 is 0. The molecule has 0 aliphatic rings. The summed E-state index contributed by atoms with van der Waals surface area (Å²) in [6, 6.07) is 16.0. The Bertz CT molecular complexity index is 932. The third-order valence-corrected chi connectivity index (χ3v) is 5.31. The highest BCUT2D eigenvalue weighted by molar-refractivity contribution is 5.73. The van der Waals surface area contributed by atoms with E-state index < -0.39 is 0 Å². The molecule has 1 heterocycles. The van der Waals surface area contributed by atoms with Crippen molar-refractivity contribution in [3.8, 4) is 28.3 Å². The summed E-state index contributed by atoms with van der Waals surface area (Å²) in [5, 5.41) is 0. The molecule has 0 saturated heterocycles. The molecule has 0 amide bonds. The van der Waals surface area contributed by atoms with Crippen molar-refractivity contribution >= 4 is 5.97 Å². The molecule has 0 aliphatic carbocycles. The number of rotatable bonds is 11. The van der Waals surface area contributed by atoms with Gasteiger partial charge in [-0.1, -0.05) is 75.9 Å². The van der Waals surface area contributed by atoms with Gasteiger partial charge in [0.05, 0.1) is 0 Å². The molecule has 0 atom stereocenters. The Hall–Kier alpha value is -3.01. The summed E-state index contributed by atoms with van der Waals surface area (Å²) < 4.78 is 5.30. The molecule has 0 unspecified atom stereocenters. The molecule has 0 bridgehead atoms. The van der Waals surface area contributed by atoms with Gasteiger partial charge in [-0.2, -0.15) is 0 Å². The van der Waals surface area contributed by atoms with Gasteiger partial charge in [0.1, 0.15) is 5.75 Å². The fourth-order valence-electron chi connectivity index (χ4n) is 3.48. The largest absolute Gasteiger partial charge is 0.427 e. The summed E-state index contributed by atoms with van der Waals surface area (Å²) in [6.45, 7) is 4.20. The Kier molecular flexibility index (Phi) is 8.77. The number of carbonyl (C=O) groups excluding carboxylic acids is 1. The summed E-state index contributed by atoms with van der Waals surface area (Å²) in [7, 11) is 0. The molecule has 1 aromatic heterocycles. The fourth-order valence-corrected chi connectivity index (χ4v) is 3.48. The maximum atomic E-state index is 11.6. The lowest BCUT2D eigenvalue weighted by molar-refractivity contribution is -0.134. The highest BCUT2D eigenvalue weighted by Gasteiger charge is 2.06. The van der Waals surface area contributed by atoms with Gasteiger partial charge < -0.3 is 4.74 Å². The number of esters is 1. The summed E-state index contributed by atoms with van der Waals surface area (Å²) in [5.74, 6) is 1.08. The van der Waals surface area contributed by atoms with Crippen molar-refractivity contribution in [2.24, 2.45) is 0 Å². The number of benzene rings is 2. The first-order valence-electron chi connectivity index (χ1n) is 11.4. The Morgan fingerprint density at radius 3 is 2.03 bits per heavy atom. The molecule has 0 N–H and O–H groups in total. The minimum Gasteiger partial charge on any atom is -0.427 e. The first kappa shape index (κ1) is 22.7. The van der Waals surface area contributed by atoms with Crippen molar-refractivity contribution in [1.29, 1.82) is 0 Å². The van der Waals surface area contributed by atoms with E-state index in [-0.39, 0.29) is 5.97 Å². The highest BCUT2D eigenvalue weighted by atomic mass is 16.5. The smallest absolute Gasteiger partial charge is 0.311 e. The molecule has 4 nitrogen and oxygen atoms in total. The maximum absolute atomic E-state index is 11.6. The Morgan fingerprint density at radius 1 is 0.742 bits per heavy atom. The van der Waals surface area contributed by atoms with E-state index in [0.717, 1.165) is 35.4 Å². The quantitative estimate of drug-likeness (QED) is 0.191. The van der Waals surface area contributed by atoms with E-state index in [2.05, 4.69) is 41.2 Å². The second-order valence-electron chi connectivity index (χ2n) is 7.90. The lowest BCUT2D eigenvalue weighted by Gasteiger charge is -2.07. The van der Waals surface area contributed by atoms with Crippen LogP contribution < -0.4 is 4.74 Å². The van der Waals surface area contributed by atoms with Crippen LogP contribution in [0, 0.1) is 0 Å². The normalized spacial score (nSPS) is 10.8. The van der Waals surface area contributed by atoms with Gasteiger partial charge in [0.2, 0.25) is 0 Å². The molecule has 0 fully saturated rings. The van der Waals surface area contributed by atoms with Crippen LogP contribution in [-0.2, 0) is 11.2 Å². The van der Waals surface area contributed by atoms with Crippen molar-refractivity contribution in [2.45, 2.75) is 65.2 Å². The SMILES string of the molecule is CCCCCCCc1ccc(-c2ncc(-c3ccc(OC(=O)CCC)cc3)cn2)cc1. The van der Waals surface area contributed by atoms with Crippen LogP contribution in [0.15, 0.2) is 60.9 Å². The number of unbranched alkanes of at least 4 members (excludes halogenated alkanes) is 4. The molecular weight excluding hydrogens is 384 g/mol. The Labute approximate surface area is 185 Å². The molecular formula is C27H32N2O2. The zero-order valence-electron chi connectivity index (χ0n) is 18.6. The van der Waals surface area contributed by atoms with Crippen LogP contribution in [0.4, 0.5) is 0 Å². The third-order valence-electron chi connectivity index (χ3n) is 5.31. The number of carbonyl (C=O) groups is 1. The second-order valence-corrected chi connectivity index (χ2v) is 7.90. The standard InChI is InChI=1S/C27H32N2O2/c1-3-5-6-7-8-10-21-11-13-23(14-12-21)27-28-19-24(20-29-27)22-15-17-25(18-16-22)31-26(30)9-4-2/h11-20H,3-10H2,1-2H3. The van der Waals surface area contributed by atoms with Gasteiger partial charge in [-0.3, -0.25) is 4.79 Å². The van der Waals surface area contributed by atoms with Gasteiger partial charge in [-0.05, 0) is 42.5 Å². The van der Waals surface area contributed by atoms with Crippen LogP contribution in [0.25, 0.3) is 22.5 Å². The Morgan fingerprint density at radius 2 is 1.39 bits per heavy atom. The number of aromatic nitrogens is 2. The lowest BCUT2D eigenvalue weighted by atomic mass is 10.0. The fraction of sp³-hybridized carbons (Fsp3) is 0.370. The molecule has 31 heavy (non-hydrogen) atoms. The lowest BCUT2D eigenvalue weighted by Crippen LogP contribution is -2.06. The highest BCUT2D eigenvalue weighted by Crippen LogP contribution is 2.23. The van der Waals surface area contributed by atoms with Crippen molar-refractivity contribution in [3.05, 3.63) is 66.5 Å². The minimum atomic E-state index is -0.203. The van der Waals surface area contributed by atoms with E-state index in [4.69, 9.17) is 4.74 Å². The zero-order chi connectivity index (χ0) is 21.9. The average molecular weight is 417 g/mol. The monoisotopic (exact) mass is 416 g/mol. The van der Waals surface area contributed by atoms with Crippen molar-refractivity contribution in [3.63, 3.8) is 0 Å². The van der Waals surface area contributed by atoms with Gasteiger partial charge in [-0.15, -0.1) is 0 Å². The molecule has 4 heteroatoms. The van der Waals surface area contributed by atoms with Gasteiger partial charge in [0.15, 0.2) is 5.82 Å². The molecule has 0 aliphatic heterocycles. The molecule has 3 rings (SSSR count). The van der Waals surface area contributed by atoms with Crippen molar-refractivity contribution in [1.82, 2.24) is 9.97 Å². The summed E-state index contributed by atoms with van der Waals surface area (Å²) in [4.78, 5) is 20.7. The van der Waals surface area contributed by atoms with Gasteiger partial charge in [-0.25, -0.2) is 9.97 Å². The first-order chi connectivity index (χ1) is 15.2. The van der Waals surface area contributed by atoms with E-state index >= 15 is 0 Å². The Balaban J connectivity index is 1.58. The third kappa shape index (κ3) is 7.02. The van der Waals surface area contributed by atoms with E-state index in [0.29, 0.717) is 12.2 Å². The molecule has 2 aromatic carbocycles. The molecule has 162 valence electrons. The van der Waals surface area contributed by atoms with E-state index in [1.54, 1.807) is 12.1 Å². The van der Waals surface area contributed by atoms with Crippen molar-refractivity contribution < 1.29 is 9.53 Å². The number of hydrogen-bond donors (Lipinski definition) is 0. The van der Waals surface area contributed by atoms with Gasteiger partial charge >= 0.3 is 5.97 Å². The van der Waals surface area contributed by atoms with E-state index in [9.17, 15) is 4.79 Å². The summed E-state index contributed by atoms with van der Waals surface area (Å²) in [5.41, 5.74) is 4.32. The number of nitrogens with zero attached hydrogens (tertiary/aromatic N) is 2. The predicted octanol–water partition coefficient (Wildman–Crippen LogP) is 7.03. The van der Waals surface area contributed by atoms with Crippen LogP contribution >= 0.6 is 0 Å². The predicted molar refractivity (Wildman–Crippen MR) is 126 cm³/mol.